The average molecular weight is 175 g/mol. The van der Waals surface area contributed by atoms with E-state index in [-0.39, 0.29) is 18.6 Å². The van der Waals surface area contributed by atoms with Crippen LogP contribution in [0.4, 0.5) is 0 Å². The van der Waals surface area contributed by atoms with Gasteiger partial charge in [-0.05, 0) is 12.8 Å². The highest BCUT2D eigenvalue weighted by Crippen LogP contribution is 2.02. The third kappa shape index (κ3) is 3.69. The number of carbonyl (C=O) groups is 1. The number of carboxylic acids is 1. The molecular formula is C8H17NO3. The predicted molar refractivity (Wildman–Crippen MR) is 45.9 cm³/mol. The molecule has 0 aliphatic rings. The van der Waals surface area contributed by atoms with Crippen molar-refractivity contribution in [2.45, 2.75) is 32.9 Å². The van der Waals surface area contributed by atoms with Gasteiger partial charge in [-0.1, -0.05) is 13.8 Å². The summed E-state index contributed by atoms with van der Waals surface area (Å²) in [7, 11) is 0. The molecule has 0 bridgehead atoms. The molecule has 3 N–H and O–H groups in total. The predicted octanol–water partition coefficient (Wildman–Crippen LogP) is 0.0660. The molecule has 0 aromatic carbocycles. The summed E-state index contributed by atoms with van der Waals surface area (Å²) in [5.74, 6) is -0.846. The van der Waals surface area contributed by atoms with Gasteiger partial charge in [0.15, 0.2) is 0 Å². The second kappa shape index (κ2) is 5.11. The van der Waals surface area contributed by atoms with Gasteiger partial charge in [-0.15, -0.1) is 0 Å². The monoisotopic (exact) mass is 175 g/mol. The highest BCUT2D eigenvalue weighted by Gasteiger charge is 2.22. The molecule has 0 aliphatic heterocycles. The fraction of sp³-hybridized carbons (Fsp3) is 0.875. The molecule has 72 valence electrons. The van der Waals surface area contributed by atoms with Crippen LogP contribution in [-0.2, 0) is 4.79 Å². The van der Waals surface area contributed by atoms with E-state index >= 15 is 0 Å². The Morgan fingerprint density at radius 1 is 1.42 bits per heavy atom. The minimum atomic E-state index is -0.870. The van der Waals surface area contributed by atoms with Gasteiger partial charge in [0.25, 0.3) is 0 Å². The van der Waals surface area contributed by atoms with Crippen LogP contribution in [0.25, 0.3) is 0 Å². The molecule has 0 radical (unpaired) electrons. The lowest BCUT2D eigenvalue weighted by atomic mass is 10.0. The van der Waals surface area contributed by atoms with E-state index in [0.29, 0.717) is 0 Å². The van der Waals surface area contributed by atoms with Crippen molar-refractivity contribution in [1.29, 1.82) is 0 Å². The maximum absolute atomic E-state index is 10.6. The van der Waals surface area contributed by atoms with E-state index in [1.54, 1.807) is 6.92 Å². The standard InChI is InChI=1S/C8H17NO3/c1-5(2)7(8(11)12)9-6(3)4-10/h5-7,9-10H,4H2,1-3H3,(H,11,12). The minimum absolute atomic E-state index is 0.0245. The molecule has 0 saturated carbocycles. The number of hydrogen-bond acceptors (Lipinski definition) is 3. The first-order valence-corrected chi connectivity index (χ1v) is 4.08. The van der Waals surface area contributed by atoms with Gasteiger partial charge in [-0.25, -0.2) is 0 Å². The molecule has 2 atom stereocenters. The molecule has 0 spiro atoms. The SMILES string of the molecule is CC(CO)NC(C(=O)O)C(C)C. The van der Waals surface area contributed by atoms with Crippen LogP contribution in [0.3, 0.4) is 0 Å². The maximum Gasteiger partial charge on any atom is 0.320 e. The van der Waals surface area contributed by atoms with Gasteiger partial charge >= 0.3 is 5.97 Å². The third-order valence-corrected chi connectivity index (χ3v) is 1.67. The smallest absolute Gasteiger partial charge is 0.320 e. The zero-order chi connectivity index (χ0) is 9.72. The third-order valence-electron chi connectivity index (χ3n) is 1.67. The number of rotatable bonds is 5. The zero-order valence-corrected chi connectivity index (χ0v) is 7.74. The number of aliphatic hydroxyl groups is 1. The first-order valence-electron chi connectivity index (χ1n) is 4.08. The summed E-state index contributed by atoms with van der Waals surface area (Å²) in [6.45, 7) is 5.36. The van der Waals surface area contributed by atoms with Crippen molar-refractivity contribution in [2.75, 3.05) is 6.61 Å². The second-order valence-corrected chi connectivity index (χ2v) is 3.31. The zero-order valence-electron chi connectivity index (χ0n) is 7.74. The van der Waals surface area contributed by atoms with Gasteiger partial charge in [0, 0.05) is 6.04 Å². The summed E-state index contributed by atoms with van der Waals surface area (Å²) in [6.07, 6.45) is 0. The lowest BCUT2D eigenvalue weighted by Crippen LogP contribution is -2.46. The van der Waals surface area contributed by atoms with Crippen LogP contribution in [0.5, 0.6) is 0 Å². The van der Waals surface area contributed by atoms with Crippen molar-refractivity contribution in [1.82, 2.24) is 5.32 Å². The molecule has 12 heavy (non-hydrogen) atoms. The van der Waals surface area contributed by atoms with Crippen molar-refractivity contribution in [3.05, 3.63) is 0 Å². The maximum atomic E-state index is 10.6. The fourth-order valence-corrected chi connectivity index (χ4v) is 0.908. The number of aliphatic hydroxyl groups excluding tert-OH is 1. The minimum Gasteiger partial charge on any atom is -0.480 e. The lowest BCUT2D eigenvalue weighted by Gasteiger charge is -2.21. The van der Waals surface area contributed by atoms with Crippen LogP contribution in [0.1, 0.15) is 20.8 Å². The normalized spacial score (nSPS) is 16.1. The van der Waals surface area contributed by atoms with Gasteiger partial charge < -0.3 is 10.2 Å². The topological polar surface area (TPSA) is 69.6 Å². The molecule has 0 fully saturated rings. The molecule has 2 unspecified atom stereocenters. The van der Waals surface area contributed by atoms with Crippen LogP contribution in [-0.4, -0.2) is 34.9 Å². The quantitative estimate of drug-likeness (QED) is 0.553. The fourth-order valence-electron chi connectivity index (χ4n) is 0.908. The molecule has 0 aliphatic carbocycles. The second-order valence-electron chi connectivity index (χ2n) is 3.31. The Morgan fingerprint density at radius 3 is 2.17 bits per heavy atom. The average Bonchev–Trinajstić information content (AvgIpc) is 1.98. The summed E-state index contributed by atoms with van der Waals surface area (Å²) in [4.78, 5) is 10.6. The van der Waals surface area contributed by atoms with E-state index in [9.17, 15) is 4.79 Å². The molecule has 4 heteroatoms. The molecule has 0 aromatic rings. The van der Waals surface area contributed by atoms with Crippen LogP contribution in [0.15, 0.2) is 0 Å². The molecule has 0 amide bonds. The van der Waals surface area contributed by atoms with Crippen LogP contribution >= 0.6 is 0 Å². The number of nitrogens with one attached hydrogen (secondary N) is 1. The van der Waals surface area contributed by atoms with Crippen molar-refractivity contribution in [3.8, 4) is 0 Å². The number of carboxylic acid groups (broad SMARTS) is 1. The van der Waals surface area contributed by atoms with E-state index in [2.05, 4.69) is 5.32 Å². The van der Waals surface area contributed by atoms with E-state index in [1.807, 2.05) is 13.8 Å². The molecule has 0 saturated heterocycles. The molecule has 0 rings (SSSR count). The number of aliphatic carboxylic acids is 1. The van der Waals surface area contributed by atoms with Crippen molar-refractivity contribution in [3.63, 3.8) is 0 Å². The summed E-state index contributed by atoms with van der Waals surface area (Å²) < 4.78 is 0. The summed E-state index contributed by atoms with van der Waals surface area (Å²) in [6, 6.07) is -0.749. The van der Waals surface area contributed by atoms with Crippen molar-refractivity contribution in [2.24, 2.45) is 5.92 Å². The molecule has 4 nitrogen and oxygen atoms in total. The summed E-state index contributed by atoms with van der Waals surface area (Å²) in [5.41, 5.74) is 0. The van der Waals surface area contributed by atoms with Crippen LogP contribution < -0.4 is 5.32 Å². The van der Waals surface area contributed by atoms with Gasteiger partial charge in [-0.3, -0.25) is 10.1 Å². The highest BCUT2D eigenvalue weighted by molar-refractivity contribution is 5.73. The molecule has 0 aromatic heterocycles. The lowest BCUT2D eigenvalue weighted by molar-refractivity contribution is -0.140. The largest absolute Gasteiger partial charge is 0.480 e. The Labute approximate surface area is 72.6 Å². The van der Waals surface area contributed by atoms with Crippen molar-refractivity contribution < 1.29 is 15.0 Å². The van der Waals surface area contributed by atoms with Crippen LogP contribution in [0, 0.1) is 5.92 Å². The Morgan fingerprint density at radius 2 is 1.92 bits per heavy atom. The Hall–Kier alpha value is -0.610. The summed E-state index contributed by atoms with van der Waals surface area (Å²) >= 11 is 0. The first kappa shape index (κ1) is 11.4. The van der Waals surface area contributed by atoms with Crippen molar-refractivity contribution >= 4 is 5.97 Å². The van der Waals surface area contributed by atoms with Gasteiger partial charge in [0.2, 0.25) is 0 Å². The summed E-state index contributed by atoms with van der Waals surface area (Å²) in [5, 5.41) is 20.3. The van der Waals surface area contributed by atoms with Gasteiger partial charge in [0.1, 0.15) is 6.04 Å². The molecular weight excluding hydrogens is 158 g/mol. The van der Waals surface area contributed by atoms with Crippen LogP contribution in [0.2, 0.25) is 0 Å². The first-order chi connectivity index (χ1) is 5.49. The van der Waals surface area contributed by atoms with E-state index in [1.165, 1.54) is 0 Å². The van der Waals surface area contributed by atoms with Gasteiger partial charge in [-0.2, -0.15) is 0 Å². The Bertz CT molecular complexity index is 147. The Balaban J connectivity index is 4.05. The molecule has 0 heterocycles. The van der Waals surface area contributed by atoms with E-state index in [0.717, 1.165) is 0 Å². The van der Waals surface area contributed by atoms with E-state index < -0.39 is 12.0 Å². The van der Waals surface area contributed by atoms with E-state index in [4.69, 9.17) is 10.2 Å². The van der Waals surface area contributed by atoms with Gasteiger partial charge in [0.05, 0.1) is 6.61 Å². The number of hydrogen-bond donors (Lipinski definition) is 3. The Kier molecular flexibility index (Phi) is 4.85. The highest BCUT2D eigenvalue weighted by atomic mass is 16.4.